The van der Waals surface area contributed by atoms with Gasteiger partial charge in [-0.2, -0.15) is 0 Å². The molecule has 3 rings (SSSR count). The molecule has 0 spiro atoms. The van der Waals surface area contributed by atoms with E-state index in [0.29, 0.717) is 6.54 Å². The van der Waals surface area contributed by atoms with Crippen LogP contribution in [0.5, 0.6) is 11.5 Å². The fourth-order valence-corrected chi connectivity index (χ4v) is 3.16. The molecule has 1 unspecified atom stereocenters. The zero-order chi connectivity index (χ0) is 18.4. The molecule has 1 heterocycles. The van der Waals surface area contributed by atoms with E-state index in [4.69, 9.17) is 9.47 Å². The van der Waals surface area contributed by atoms with E-state index in [1.165, 1.54) is 16.7 Å². The Morgan fingerprint density at radius 2 is 1.96 bits per heavy atom. The number of rotatable bonds is 7. The molecule has 2 aromatic carbocycles. The van der Waals surface area contributed by atoms with Gasteiger partial charge in [-0.15, -0.1) is 0 Å². The average molecular weight is 354 g/mol. The Hall–Kier alpha value is -2.69. The van der Waals surface area contributed by atoms with Gasteiger partial charge in [-0.3, -0.25) is 0 Å². The molecular weight excluding hydrogens is 328 g/mol. The number of methoxy groups -OCH3 is 1. The smallest absolute Gasteiger partial charge is 0.315 e. The van der Waals surface area contributed by atoms with E-state index in [2.05, 4.69) is 22.8 Å². The van der Waals surface area contributed by atoms with Crippen molar-refractivity contribution in [2.24, 2.45) is 0 Å². The number of ether oxygens (including phenoxy) is 2. The van der Waals surface area contributed by atoms with Crippen LogP contribution in [0.25, 0.3) is 0 Å². The predicted molar refractivity (Wildman–Crippen MR) is 102 cm³/mol. The summed E-state index contributed by atoms with van der Waals surface area (Å²) in [6, 6.07) is 14.1. The van der Waals surface area contributed by atoms with Gasteiger partial charge in [-0.05, 0) is 54.7 Å². The molecule has 138 valence electrons. The van der Waals surface area contributed by atoms with Crippen molar-refractivity contribution in [2.45, 2.75) is 32.2 Å². The monoisotopic (exact) mass is 354 g/mol. The number of hydrogen-bond donors (Lipinski definition) is 2. The van der Waals surface area contributed by atoms with E-state index in [1.54, 1.807) is 7.11 Å². The van der Waals surface area contributed by atoms with Crippen molar-refractivity contribution >= 4 is 6.03 Å². The zero-order valence-electron chi connectivity index (χ0n) is 15.4. The number of carbonyl (C=O) groups is 1. The van der Waals surface area contributed by atoms with Crippen LogP contribution >= 0.6 is 0 Å². The quantitative estimate of drug-likeness (QED) is 0.803. The van der Waals surface area contributed by atoms with E-state index < -0.39 is 0 Å². The molecule has 5 heteroatoms. The Balaban J connectivity index is 1.39. The lowest BCUT2D eigenvalue weighted by atomic mass is 10.0. The summed E-state index contributed by atoms with van der Waals surface area (Å²) in [7, 11) is 1.65. The van der Waals surface area contributed by atoms with Crippen molar-refractivity contribution in [1.29, 1.82) is 0 Å². The Labute approximate surface area is 154 Å². The van der Waals surface area contributed by atoms with Crippen molar-refractivity contribution in [3.8, 4) is 11.5 Å². The Morgan fingerprint density at radius 1 is 1.19 bits per heavy atom. The molecule has 0 saturated carbocycles. The standard InChI is InChI=1S/C21H26N2O3/c1-15(13-17-5-8-20-18(14-17)10-12-26-20)23-21(24)22-11-9-16-3-6-19(25-2)7-4-16/h3-8,14-15H,9-13H2,1-2H3,(H2,22,23,24). The van der Waals surface area contributed by atoms with Crippen molar-refractivity contribution < 1.29 is 14.3 Å². The van der Waals surface area contributed by atoms with Crippen LogP contribution in [0.15, 0.2) is 42.5 Å². The summed E-state index contributed by atoms with van der Waals surface area (Å²) in [6.45, 7) is 3.39. The normalized spacial score (nSPS) is 13.5. The highest BCUT2D eigenvalue weighted by Crippen LogP contribution is 2.26. The SMILES string of the molecule is COc1ccc(CCNC(=O)NC(C)Cc2ccc3c(c2)CCO3)cc1. The number of nitrogens with one attached hydrogen (secondary N) is 2. The van der Waals surface area contributed by atoms with Crippen molar-refractivity contribution in [3.05, 3.63) is 59.2 Å². The maximum Gasteiger partial charge on any atom is 0.315 e. The fourth-order valence-electron chi connectivity index (χ4n) is 3.16. The van der Waals surface area contributed by atoms with Crippen LogP contribution in [0.3, 0.4) is 0 Å². The second-order valence-corrected chi connectivity index (χ2v) is 6.64. The topological polar surface area (TPSA) is 59.6 Å². The predicted octanol–water partition coefficient (Wildman–Crippen LogP) is 3.10. The number of hydrogen-bond acceptors (Lipinski definition) is 3. The van der Waals surface area contributed by atoms with E-state index in [9.17, 15) is 4.79 Å². The van der Waals surface area contributed by atoms with E-state index in [0.717, 1.165) is 37.4 Å². The first-order valence-corrected chi connectivity index (χ1v) is 9.06. The highest BCUT2D eigenvalue weighted by molar-refractivity contribution is 5.74. The van der Waals surface area contributed by atoms with Crippen LogP contribution in [-0.4, -0.2) is 32.3 Å². The molecule has 2 aromatic rings. The van der Waals surface area contributed by atoms with Gasteiger partial charge in [0.05, 0.1) is 13.7 Å². The van der Waals surface area contributed by atoms with Gasteiger partial charge in [-0.25, -0.2) is 4.79 Å². The summed E-state index contributed by atoms with van der Waals surface area (Å²) in [5.74, 6) is 1.83. The Bertz CT molecular complexity index is 743. The molecular formula is C21H26N2O3. The first kappa shape index (κ1) is 18.1. The molecule has 0 bridgehead atoms. The lowest BCUT2D eigenvalue weighted by molar-refractivity contribution is 0.238. The van der Waals surface area contributed by atoms with Crippen LogP contribution in [0.4, 0.5) is 4.79 Å². The molecule has 1 aliphatic rings. The van der Waals surface area contributed by atoms with E-state index in [1.807, 2.05) is 37.3 Å². The van der Waals surface area contributed by atoms with Gasteiger partial charge in [-0.1, -0.05) is 24.3 Å². The number of amides is 2. The molecule has 1 aliphatic heterocycles. The largest absolute Gasteiger partial charge is 0.497 e. The minimum atomic E-state index is -0.129. The molecule has 0 aliphatic carbocycles. The number of fused-ring (bicyclic) bond motifs is 1. The van der Waals surface area contributed by atoms with Crippen LogP contribution in [0.1, 0.15) is 23.6 Å². The minimum absolute atomic E-state index is 0.0661. The second kappa shape index (κ2) is 8.61. The van der Waals surface area contributed by atoms with Gasteiger partial charge in [0.25, 0.3) is 0 Å². The average Bonchev–Trinajstić information content (AvgIpc) is 3.10. The minimum Gasteiger partial charge on any atom is -0.497 e. The van der Waals surface area contributed by atoms with Gasteiger partial charge in [0.15, 0.2) is 0 Å². The summed E-state index contributed by atoms with van der Waals surface area (Å²) in [4.78, 5) is 12.1. The molecule has 0 aromatic heterocycles. The molecule has 2 amide bonds. The Kier molecular flexibility index (Phi) is 6.00. The number of benzene rings is 2. The molecule has 2 N–H and O–H groups in total. The lowest BCUT2D eigenvalue weighted by Gasteiger charge is -2.15. The Morgan fingerprint density at radius 3 is 2.73 bits per heavy atom. The molecule has 5 nitrogen and oxygen atoms in total. The molecule has 0 saturated heterocycles. The highest BCUT2D eigenvalue weighted by Gasteiger charge is 2.14. The van der Waals surface area contributed by atoms with Crippen LogP contribution in [-0.2, 0) is 19.3 Å². The summed E-state index contributed by atoms with van der Waals surface area (Å²) < 4.78 is 10.7. The van der Waals surface area contributed by atoms with E-state index >= 15 is 0 Å². The fraction of sp³-hybridized carbons (Fsp3) is 0.381. The van der Waals surface area contributed by atoms with Crippen LogP contribution < -0.4 is 20.1 Å². The van der Waals surface area contributed by atoms with Crippen molar-refractivity contribution in [1.82, 2.24) is 10.6 Å². The first-order chi connectivity index (χ1) is 12.6. The van der Waals surface area contributed by atoms with Gasteiger partial charge in [0, 0.05) is 19.0 Å². The third-order valence-electron chi connectivity index (χ3n) is 4.53. The van der Waals surface area contributed by atoms with Crippen LogP contribution in [0.2, 0.25) is 0 Å². The maximum absolute atomic E-state index is 12.1. The third-order valence-corrected chi connectivity index (χ3v) is 4.53. The number of carbonyl (C=O) groups excluding carboxylic acids is 1. The molecule has 1 atom stereocenters. The summed E-state index contributed by atoms with van der Waals surface area (Å²) in [5.41, 5.74) is 3.65. The van der Waals surface area contributed by atoms with Crippen molar-refractivity contribution in [3.63, 3.8) is 0 Å². The van der Waals surface area contributed by atoms with E-state index in [-0.39, 0.29) is 12.1 Å². The lowest BCUT2D eigenvalue weighted by Crippen LogP contribution is -2.42. The molecule has 26 heavy (non-hydrogen) atoms. The summed E-state index contributed by atoms with van der Waals surface area (Å²) in [5, 5.41) is 5.92. The maximum atomic E-state index is 12.1. The summed E-state index contributed by atoms with van der Waals surface area (Å²) in [6.07, 6.45) is 2.56. The molecule has 0 fully saturated rings. The van der Waals surface area contributed by atoms with Crippen LogP contribution in [0, 0.1) is 0 Å². The summed E-state index contributed by atoms with van der Waals surface area (Å²) >= 11 is 0. The highest BCUT2D eigenvalue weighted by atomic mass is 16.5. The second-order valence-electron chi connectivity index (χ2n) is 6.64. The van der Waals surface area contributed by atoms with Gasteiger partial charge in [0.2, 0.25) is 0 Å². The van der Waals surface area contributed by atoms with Gasteiger partial charge in [0.1, 0.15) is 11.5 Å². The van der Waals surface area contributed by atoms with Gasteiger partial charge >= 0.3 is 6.03 Å². The third kappa shape index (κ3) is 4.91. The molecule has 0 radical (unpaired) electrons. The first-order valence-electron chi connectivity index (χ1n) is 9.06. The number of urea groups is 1. The van der Waals surface area contributed by atoms with Gasteiger partial charge < -0.3 is 20.1 Å². The zero-order valence-corrected chi connectivity index (χ0v) is 15.4. The van der Waals surface area contributed by atoms with Crippen molar-refractivity contribution in [2.75, 3.05) is 20.3 Å².